The Morgan fingerprint density at radius 3 is 2.77 bits per heavy atom. The third-order valence-corrected chi connectivity index (χ3v) is 6.39. The lowest BCUT2D eigenvalue weighted by Gasteiger charge is -2.35. The van der Waals surface area contributed by atoms with E-state index >= 15 is 0 Å². The van der Waals surface area contributed by atoms with Crippen molar-refractivity contribution in [3.8, 4) is 0 Å². The van der Waals surface area contributed by atoms with Gasteiger partial charge in [0.15, 0.2) is 16.1 Å². The summed E-state index contributed by atoms with van der Waals surface area (Å²) in [6, 6.07) is 2.67. The highest BCUT2D eigenvalue weighted by molar-refractivity contribution is 7.90. The Bertz CT molecular complexity index is 1150. The monoisotopic (exact) mass is 469 g/mol. The molecule has 1 aliphatic rings. The molecule has 11 heteroatoms. The molecule has 1 N–H and O–H groups in total. The second-order valence-electron chi connectivity index (χ2n) is 6.98. The van der Waals surface area contributed by atoms with Crippen LogP contribution in [0.2, 0.25) is 5.02 Å². The molecule has 0 amide bonds. The molecule has 1 aromatic carbocycles. The average Bonchev–Trinajstić information content (AvgIpc) is 3.11. The molecule has 1 aliphatic heterocycles. The normalized spacial score (nSPS) is 17.0. The lowest BCUT2D eigenvalue weighted by atomic mass is 10.0. The van der Waals surface area contributed by atoms with Crippen LogP contribution in [0, 0.1) is 0 Å². The SMILES string of the molecule is C=CCOC1CN(c2c(S(C)(=O)=O)ccc(C(=O)c3c[nH]n(CC)c3=O)c2Cl)CCO1. The molecule has 1 unspecified atom stereocenters. The number of hydrogen-bond donors (Lipinski definition) is 1. The van der Waals surface area contributed by atoms with Crippen LogP contribution in [0.4, 0.5) is 5.69 Å². The summed E-state index contributed by atoms with van der Waals surface area (Å²) in [6.07, 6.45) is 3.36. The van der Waals surface area contributed by atoms with Crippen molar-refractivity contribution >= 4 is 32.9 Å². The van der Waals surface area contributed by atoms with Crippen LogP contribution in [-0.2, 0) is 25.9 Å². The number of rotatable bonds is 8. The van der Waals surface area contributed by atoms with Crippen molar-refractivity contribution in [1.82, 2.24) is 9.78 Å². The summed E-state index contributed by atoms with van der Waals surface area (Å²) in [5, 5.41) is 2.68. The quantitative estimate of drug-likeness (QED) is 0.464. The minimum atomic E-state index is -3.66. The van der Waals surface area contributed by atoms with Gasteiger partial charge in [0.25, 0.3) is 5.56 Å². The van der Waals surface area contributed by atoms with Crippen LogP contribution < -0.4 is 10.5 Å². The van der Waals surface area contributed by atoms with Gasteiger partial charge in [0.1, 0.15) is 5.56 Å². The van der Waals surface area contributed by atoms with Crippen LogP contribution in [-0.4, -0.2) is 62.8 Å². The number of carbonyl (C=O) groups is 1. The number of sulfone groups is 1. The van der Waals surface area contributed by atoms with E-state index in [1.807, 2.05) is 0 Å². The summed E-state index contributed by atoms with van der Waals surface area (Å²) < 4.78 is 37.3. The number of benzene rings is 1. The number of morpholine rings is 1. The van der Waals surface area contributed by atoms with E-state index in [2.05, 4.69) is 11.7 Å². The number of ketones is 1. The molecule has 31 heavy (non-hydrogen) atoms. The minimum Gasteiger partial charge on any atom is -0.362 e. The van der Waals surface area contributed by atoms with Gasteiger partial charge in [0.05, 0.1) is 35.4 Å². The van der Waals surface area contributed by atoms with Crippen molar-refractivity contribution in [3.05, 3.63) is 57.5 Å². The molecule has 1 saturated heterocycles. The number of nitrogens with one attached hydrogen (secondary N) is 1. The molecule has 0 radical (unpaired) electrons. The predicted molar refractivity (Wildman–Crippen MR) is 117 cm³/mol. The first-order valence-corrected chi connectivity index (χ1v) is 11.9. The molecule has 0 bridgehead atoms. The maximum Gasteiger partial charge on any atom is 0.277 e. The van der Waals surface area contributed by atoms with E-state index in [0.717, 1.165) is 6.26 Å². The number of hydrogen-bond acceptors (Lipinski definition) is 7. The first-order valence-electron chi connectivity index (χ1n) is 9.63. The van der Waals surface area contributed by atoms with Gasteiger partial charge < -0.3 is 19.5 Å². The molecule has 1 aromatic heterocycles. The summed E-state index contributed by atoms with van der Waals surface area (Å²) in [6.45, 7) is 6.83. The topological polar surface area (TPSA) is 111 Å². The Balaban J connectivity index is 2.08. The lowest BCUT2D eigenvalue weighted by Crippen LogP contribution is -2.44. The fourth-order valence-corrected chi connectivity index (χ4v) is 4.69. The van der Waals surface area contributed by atoms with Gasteiger partial charge in [-0.15, -0.1) is 6.58 Å². The van der Waals surface area contributed by atoms with Crippen molar-refractivity contribution in [1.29, 1.82) is 0 Å². The fraction of sp³-hybridized carbons (Fsp3) is 0.400. The molecule has 1 fully saturated rings. The molecular weight excluding hydrogens is 446 g/mol. The zero-order valence-electron chi connectivity index (χ0n) is 17.3. The highest BCUT2D eigenvalue weighted by atomic mass is 35.5. The zero-order chi connectivity index (χ0) is 22.8. The Morgan fingerprint density at radius 1 is 1.42 bits per heavy atom. The van der Waals surface area contributed by atoms with E-state index < -0.39 is 27.5 Å². The van der Waals surface area contributed by atoms with Gasteiger partial charge in [-0.3, -0.25) is 14.3 Å². The van der Waals surface area contributed by atoms with Crippen LogP contribution in [0.1, 0.15) is 22.8 Å². The van der Waals surface area contributed by atoms with E-state index in [4.69, 9.17) is 21.1 Å². The largest absolute Gasteiger partial charge is 0.362 e. The number of H-pyrrole nitrogens is 1. The van der Waals surface area contributed by atoms with Gasteiger partial charge >= 0.3 is 0 Å². The number of aryl methyl sites for hydroxylation is 1. The number of aromatic nitrogens is 2. The number of halogens is 1. The van der Waals surface area contributed by atoms with Crippen LogP contribution in [0.15, 0.2) is 40.7 Å². The van der Waals surface area contributed by atoms with E-state index in [1.165, 1.54) is 23.0 Å². The van der Waals surface area contributed by atoms with Gasteiger partial charge in [-0.25, -0.2) is 8.42 Å². The standard InChI is InChI=1S/C20H24ClN3O6S/c1-4-9-29-16-12-23(8-10-30-16)18-15(31(3,27)28)7-6-13(17(18)21)19(25)14-11-22-24(5-2)20(14)26/h4,6-7,11,16,22H,1,5,8-10,12H2,2-3H3. The van der Waals surface area contributed by atoms with Crippen molar-refractivity contribution in [2.24, 2.45) is 0 Å². The van der Waals surface area contributed by atoms with Crippen LogP contribution >= 0.6 is 11.6 Å². The average molecular weight is 470 g/mol. The van der Waals surface area contributed by atoms with E-state index in [-0.39, 0.29) is 46.5 Å². The number of carbonyl (C=O) groups excluding carboxylic acids is 1. The van der Waals surface area contributed by atoms with Crippen molar-refractivity contribution in [3.63, 3.8) is 0 Å². The van der Waals surface area contributed by atoms with Crippen LogP contribution in [0.25, 0.3) is 0 Å². The zero-order valence-corrected chi connectivity index (χ0v) is 18.8. The number of anilines is 1. The molecule has 0 spiro atoms. The molecule has 3 rings (SSSR count). The number of aromatic amines is 1. The summed E-state index contributed by atoms with van der Waals surface area (Å²) >= 11 is 6.60. The van der Waals surface area contributed by atoms with Gasteiger partial charge in [-0.2, -0.15) is 0 Å². The van der Waals surface area contributed by atoms with Crippen LogP contribution in [0.3, 0.4) is 0 Å². The van der Waals surface area contributed by atoms with Crippen molar-refractivity contribution in [2.45, 2.75) is 24.7 Å². The van der Waals surface area contributed by atoms with E-state index in [0.29, 0.717) is 13.1 Å². The molecule has 9 nitrogen and oxygen atoms in total. The predicted octanol–water partition coefficient (Wildman–Crippen LogP) is 1.85. The summed E-state index contributed by atoms with van der Waals surface area (Å²) in [5.41, 5.74) is -0.312. The van der Waals surface area contributed by atoms with Gasteiger partial charge in [0, 0.05) is 31.1 Å². The summed E-state index contributed by atoms with van der Waals surface area (Å²) in [4.78, 5) is 27.2. The molecule has 2 heterocycles. The fourth-order valence-electron chi connectivity index (χ4n) is 3.36. The third kappa shape index (κ3) is 4.77. The Labute approximate surface area is 185 Å². The first kappa shape index (κ1) is 23.3. The first-order chi connectivity index (χ1) is 14.7. The Morgan fingerprint density at radius 2 is 2.16 bits per heavy atom. The highest BCUT2D eigenvalue weighted by Gasteiger charge is 2.30. The van der Waals surface area contributed by atoms with Crippen LogP contribution in [0.5, 0.6) is 0 Å². The molecule has 0 saturated carbocycles. The van der Waals surface area contributed by atoms with E-state index in [9.17, 15) is 18.0 Å². The highest BCUT2D eigenvalue weighted by Crippen LogP contribution is 2.37. The van der Waals surface area contributed by atoms with Gasteiger partial charge in [0.2, 0.25) is 5.78 Å². The maximum absolute atomic E-state index is 13.1. The van der Waals surface area contributed by atoms with Gasteiger partial charge in [-0.1, -0.05) is 17.7 Å². The maximum atomic E-state index is 13.1. The second-order valence-corrected chi connectivity index (χ2v) is 9.34. The second kappa shape index (κ2) is 9.39. The number of nitrogens with zero attached hydrogens (tertiary/aromatic N) is 2. The minimum absolute atomic E-state index is 0.0153. The lowest BCUT2D eigenvalue weighted by molar-refractivity contribution is -0.139. The molecular formula is C20H24ClN3O6S. The summed E-state index contributed by atoms with van der Waals surface area (Å²) in [7, 11) is -3.66. The Hall–Kier alpha value is -2.40. The molecule has 2 aromatic rings. The Kier molecular flexibility index (Phi) is 7.05. The smallest absolute Gasteiger partial charge is 0.277 e. The van der Waals surface area contributed by atoms with Crippen molar-refractivity contribution < 1.29 is 22.7 Å². The summed E-state index contributed by atoms with van der Waals surface area (Å²) in [5.74, 6) is -0.590. The number of ether oxygens (including phenoxy) is 2. The van der Waals surface area contributed by atoms with E-state index in [1.54, 1.807) is 17.9 Å². The van der Waals surface area contributed by atoms with Gasteiger partial charge in [-0.05, 0) is 19.1 Å². The molecule has 168 valence electrons. The molecule has 0 aliphatic carbocycles. The van der Waals surface area contributed by atoms with Crippen molar-refractivity contribution in [2.75, 3.05) is 37.5 Å². The third-order valence-electron chi connectivity index (χ3n) is 4.87. The molecule has 1 atom stereocenters.